The van der Waals surface area contributed by atoms with Crippen molar-refractivity contribution < 1.29 is 9.85 Å². The molecule has 1 aromatic carbocycles. The maximum atomic E-state index is 10.7. The van der Waals surface area contributed by atoms with E-state index in [4.69, 9.17) is 0 Å². The third-order valence-electron chi connectivity index (χ3n) is 1.98. The van der Waals surface area contributed by atoms with Crippen molar-refractivity contribution in [2.45, 2.75) is 13.3 Å². The average Bonchev–Trinajstić information content (AvgIpc) is 2.29. The Balaban J connectivity index is 3.08. The number of nitro benzene ring substituents is 2. The van der Waals surface area contributed by atoms with Crippen LogP contribution < -0.4 is 5.32 Å². The molecule has 0 radical (unpaired) electrons. The van der Waals surface area contributed by atoms with E-state index in [-0.39, 0.29) is 17.1 Å². The summed E-state index contributed by atoms with van der Waals surface area (Å²) in [4.78, 5) is 19.9. The Labute approximate surface area is 97.1 Å². The Morgan fingerprint density at radius 2 is 2.00 bits per heavy atom. The molecule has 1 aromatic rings. The highest BCUT2D eigenvalue weighted by Crippen LogP contribution is 2.28. The number of non-ortho nitro benzene ring substituents is 1. The van der Waals surface area contributed by atoms with Crippen molar-refractivity contribution in [2.75, 3.05) is 5.32 Å². The topological polar surface area (TPSA) is 98.3 Å². The zero-order valence-corrected chi connectivity index (χ0v) is 9.12. The van der Waals surface area contributed by atoms with Gasteiger partial charge >= 0.3 is 0 Å². The maximum absolute atomic E-state index is 10.7. The van der Waals surface area contributed by atoms with Crippen LogP contribution in [0, 0.1) is 20.2 Å². The number of anilines is 1. The summed E-state index contributed by atoms with van der Waals surface area (Å²) in [5.74, 6) is 0. The van der Waals surface area contributed by atoms with Crippen LogP contribution in [0.2, 0.25) is 0 Å². The number of hydrogen-bond acceptors (Lipinski definition) is 5. The lowest BCUT2D eigenvalue weighted by atomic mass is 10.2. The molecule has 0 aromatic heterocycles. The number of rotatable bonds is 5. The molecule has 0 aliphatic heterocycles. The molecule has 0 amide bonds. The molecule has 7 nitrogen and oxygen atoms in total. The first-order chi connectivity index (χ1) is 8.06. The third kappa shape index (κ3) is 3.26. The monoisotopic (exact) mass is 237 g/mol. The smallest absolute Gasteiger partial charge is 0.299 e. The number of nitrogens with one attached hydrogen (secondary N) is 1. The molecule has 0 aliphatic carbocycles. The molecule has 0 atom stereocenters. The molecule has 0 heterocycles. The van der Waals surface area contributed by atoms with Crippen molar-refractivity contribution >= 4 is 17.1 Å². The Morgan fingerprint density at radius 1 is 1.29 bits per heavy atom. The number of benzene rings is 1. The quantitative estimate of drug-likeness (QED) is 0.627. The first-order valence-corrected chi connectivity index (χ1v) is 4.90. The lowest BCUT2D eigenvalue weighted by Crippen LogP contribution is -1.97. The van der Waals surface area contributed by atoms with E-state index in [1.54, 1.807) is 12.3 Å². The molecule has 0 spiro atoms. The van der Waals surface area contributed by atoms with Crippen molar-refractivity contribution in [3.8, 4) is 0 Å². The second-order valence-corrected chi connectivity index (χ2v) is 3.17. The fraction of sp³-hybridized carbons (Fsp3) is 0.200. The summed E-state index contributed by atoms with van der Waals surface area (Å²) in [6.07, 6.45) is 4.13. The largest absolute Gasteiger partial charge is 0.356 e. The van der Waals surface area contributed by atoms with Gasteiger partial charge in [-0.2, -0.15) is 0 Å². The predicted molar refractivity (Wildman–Crippen MR) is 62.8 cm³/mol. The molecule has 0 bridgehead atoms. The minimum atomic E-state index is -0.668. The fourth-order valence-electron chi connectivity index (χ4n) is 1.17. The average molecular weight is 237 g/mol. The highest BCUT2D eigenvalue weighted by Gasteiger charge is 2.18. The van der Waals surface area contributed by atoms with Crippen LogP contribution in [0.3, 0.4) is 0 Å². The number of nitrogens with zero attached hydrogens (tertiary/aromatic N) is 2. The summed E-state index contributed by atoms with van der Waals surface area (Å²) in [5.41, 5.74) is -0.396. The normalized spacial score (nSPS) is 10.4. The van der Waals surface area contributed by atoms with Gasteiger partial charge in [0, 0.05) is 6.07 Å². The van der Waals surface area contributed by atoms with Gasteiger partial charge in [-0.3, -0.25) is 20.2 Å². The summed E-state index contributed by atoms with van der Waals surface area (Å²) >= 11 is 0. The minimum absolute atomic E-state index is 0.227. The Bertz CT molecular complexity index is 471. The van der Waals surface area contributed by atoms with E-state index in [9.17, 15) is 20.2 Å². The Morgan fingerprint density at radius 3 is 2.53 bits per heavy atom. The van der Waals surface area contributed by atoms with E-state index in [1.807, 2.05) is 6.92 Å². The second-order valence-electron chi connectivity index (χ2n) is 3.17. The summed E-state index contributed by atoms with van der Waals surface area (Å²) in [6.45, 7) is 1.92. The standard InChI is InChI=1S/C10H11N3O4/c1-2-3-6-11-9-5-4-8(12(14)15)7-10(9)13(16)17/h3-7,11H,2H2,1H3/b6-3-. The van der Waals surface area contributed by atoms with E-state index in [0.717, 1.165) is 12.5 Å². The van der Waals surface area contributed by atoms with E-state index < -0.39 is 9.85 Å². The van der Waals surface area contributed by atoms with Gasteiger partial charge in [0.1, 0.15) is 5.69 Å². The number of allylic oxidation sites excluding steroid dienone is 1. The number of nitro groups is 2. The van der Waals surface area contributed by atoms with Crippen molar-refractivity contribution in [2.24, 2.45) is 0 Å². The Hall–Kier alpha value is -2.44. The molecule has 0 saturated heterocycles. The van der Waals surface area contributed by atoms with Gasteiger partial charge in [0.15, 0.2) is 0 Å². The van der Waals surface area contributed by atoms with Crippen LogP contribution in [0.1, 0.15) is 13.3 Å². The van der Waals surface area contributed by atoms with E-state index in [1.165, 1.54) is 12.1 Å². The van der Waals surface area contributed by atoms with Gasteiger partial charge in [-0.25, -0.2) is 0 Å². The van der Waals surface area contributed by atoms with Crippen LogP contribution in [-0.2, 0) is 0 Å². The van der Waals surface area contributed by atoms with Crippen LogP contribution in [0.5, 0.6) is 0 Å². The van der Waals surface area contributed by atoms with Crippen molar-refractivity contribution in [1.29, 1.82) is 0 Å². The molecule has 1 rings (SSSR count). The highest BCUT2D eigenvalue weighted by molar-refractivity contribution is 5.66. The van der Waals surface area contributed by atoms with E-state index in [2.05, 4.69) is 5.32 Å². The maximum Gasteiger partial charge on any atom is 0.299 e. The van der Waals surface area contributed by atoms with Crippen molar-refractivity contribution in [1.82, 2.24) is 0 Å². The molecule has 90 valence electrons. The summed E-state index contributed by atoms with van der Waals surface area (Å²) in [6, 6.07) is 3.47. The molecule has 17 heavy (non-hydrogen) atoms. The molecule has 0 saturated carbocycles. The van der Waals surface area contributed by atoms with Gasteiger partial charge in [-0.05, 0) is 18.7 Å². The molecule has 0 fully saturated rings. The lowest BCUT2D eigenvalue weighted by molar-refractivity contribution is -0.393. The predicted octanol–water partition coefficient (Wildman–Crippen LogP) is 2.84. The zero-order chi connectivity index (χ0) is 12.8. The van der Waals surface area contributed by atoms with Gasteiger partial charge < -0.3 is 5.32 Å². The molecule has 1 N–H and O–H groups in total. The van der Waals surface area contributed by atoms with E-state index >= 15 is 0 Å². The first kappa shape index (κ1) is 12.6. The van der Waals surface area contributed by atoms with Gasteiger partial charge in [0.25, 0.3) is 11.4 Å². The number of hydrogen-bond donors (Lipinski definition) is 1. The summed E-state index contributed by atoms with van der Waals surface area (Å²) < 4.78 is 0. The fourth-order valence-corrected chi connectivity index (χ4v) is 1.17. The molecule has 7 heteroatoms. The SMILES string of the molecule is CC/C=C\Nc1ccc([N+](=O)[O-])cc1[N+](=O)[O-]. The van der Waals surface area contributed by atoms with Gasteiger partial charge in [0.2, 0.25) is 0 Å². The van der Waals surface area contributed by atoms with E-state index in [0.29, 0.717) is 0 Å². The molecular formula is C10H11N3O4. The first-order valence-electron chi connectivity index (χ1n) is 4.90. The van der Waals surface area contributed by atoms with Crippen molar-refractivity contribution in [3.05, 3.63) is 50.7 Å². The van der Waals surface area contributed by atoms with Crippen LogP contribution >= 0.6 is 0 Å². The molecule has 0 aliphatic rings. The van der Waals surface area contributed by atoms with Crippen LogP contribution in [0.4, 0.5) is 17.1 Å². The molecular weight excluding hydrogens is 226 g/mol. The van der Waals surface area contributed by atoms with Gasteiger partial charge in [0.05, 0.1) is 15.9 Å². The van der Waals surface area contributed by atoms with Crippen LogP contribution in [-0.4, -0.2) is 9.85 Å². The minimum Gasteiger partial charge on any atom is -0.356 e. The van der Waals surface area contributed by atoms with Gasteiger partial charge in [-0.15, -0.1) is 0 Å². The van der Waals surface area contributed by atoms with Crippen molar-refractivity contribution in [3.63, 3.8) is 0 Å². The highest BCUT2D eigenvalue weighted by atomic mass is 16.6. The van der Waals surface area contributed by atoms with Crippen LogP contribution in [0.15, 0.2) is 30.5 Å². The van der Waals surface area contributed by atoms with Gasteiger partial charge in [-0.1, -0.05) is 13.0 Å². The third-order valence-corrected chi connectivity index (χ3v) is 1.98. The zero-order valence-electron chi connectivity index (χ0n) is 9.12. The Kier molecular flexibility index (Phi) is 4.15. The molecule has 0 unspecified atom stereocenters. The van der Waals surface area contributed by atoms with Crippen LogP contribution in [0.25, 0.3) is 0 Å². The summed E-state index contributed by atoms with van der Waals surface area (Å²) in [5, 5.41) is 24.0. The summed E-state index contributed by atoms with van der Waals surface area (Å²) in [7, 11) is 0. The second kappa shape index (κ2) is 5.59. The lowest BCUT2D eigenvalue weighted by Gasteiger charge is -2.01.